The van der Waals surface area contributed by atoms with E-state index in [1.165, 1.54) is 6.33 Å². The Hall–Kier alpha value is -2.15. The van der Waals surface area contributed by atoms with E-state index in [4.69, 9.17) is 10.8 Å². The minimum atomic E-state index is -0.348. The second-order valence-electron chi connectivity index (χ2n) is 4.06. The molecular formula is C10H11N5O2. The van der Waals surface area contributed by atoms with E-state index in [0.717, 1.165) is 12.0 Å². The summed E-state index contributed by atoms with van der Waals surface area (Å²) in [4.78, 5) is 21.9. The van der Waals surface area contributed by atoms with Gasteiger partial charge in [0.1, 0.15) is 6.33 Å². The lowest BCUT2D eigenvalue weighted by Gasteiger charge is -1.96. The Labute approximate surface area is 95.6 Å². The number of imidazole rings is 1. The van der Waals surface area contributed by atoms with Crippen LogP contribution in [0, 0.1) is 5.92 Å². The number of fused-ring (bicyclic) bond motifs is 1. The molecule has 17 heavy (non-hydrogen) atoms. The number of aromatic amines is 1. The molecule has 1 aliphatic carbocycles. The summed E-state index contributed by atoms with van der Waals surface area (Å²) in [6.07, 6.45) is 4.23. The van der Waals surface area contributed by atoms with Gasteiger partial charge >= 0.3 is 0 Å². The first-order chi connectivity index (χ1) is 8.19. The van der Waals surface area contributed by atoms with Crippen molar-refractivity contribution in [1.29, 1.82) is 0 Å². The lowest BCUT2D eigenvalue weighted by atomic mass is 10.4. The molecule has 2 aromatic heterocycles. The van der Waals surface area contributed by atoms with Gasteiger partial charge in [0, 0.05) is 18.7 Å². The van der Waals surface area contributed by atoms with Gasteiger partial charge in [-0.25, -0.2) is 4.98 Å². The van der Waals surface area contributed by atoms with Crippen molar-refractivity contribution in [3.8, 4) is 0 Å². The van der Waals surface area contributed by atoms with Crippen molar-refractivity contribution in [1.82, 2.24) is 19.5 Å². The summed E-state index contributed by atoms with van der Waals surface area (Å²) in [5, 5.41) is 8.95. The molecule has 0 aliphatic heterocycles. The number of H-pyrrole nitrogens is 1. The minimum absolute atomic E-state index is 0.0668. The van der Waals surface area contributed by atoms with E-state index in [-0.39, 0.29) is 29.5 Å². The Morgan fingerprint density at radius 2 is 2.53 bits per heavy atom. The average molecular weight is 233 g/mol. The van der Waals surface area contributed by atoms with Crippen LogP contribution in [-0.4, -0.2) is 31.2 Å². The SMILES string of the molecule is Nc1nc2c(ncn2/C=C2\C[C@H]2CO)c(=O)[nH]1. The fourth-order valence-corrected chi connectivity index (χ4v) is 1.78. The van der Waals surface area contributed by atoms with Crippen LogP contribution in [0.15, 0.2) is 16.7 Å². The summed E-state index contributed by atoms with van der Waals surface area (Å²) >= 11 is 0. The van der Waals surface area contributed by atoms with Gasteiger partial charge in [0.2, 0.25) is 5.95 Å². The van der Waals surface area contributed by atoms with Crippen molar-refractivity contribution in [3.63, 3.8) is 0 Å². The fraction of sp³-hybridized carbons (Fsp3) is 0.300. The Morgan fingerprint density at radius 3 is 3.24 bits per heavy atom. The molecule has 2 aromatic rings. The molecule has 7 heteroatoms. The topological polar surface area (TPSA) is 110 Å². The maximum atomic E-state index is 11.5. The Balaban J connectivity index is 2.13. The van der Waals surface area contributed by atoms with Gasteiger partial charge in [-0.2, -0.15) is 4.98 Å². The van der Waals surface area contributed by atoms with Crippen LogP contribution in [0.1, 0.15) is 6.42 Å². The predicted octanol–water partition coefficient (Wildman–Crippen LogP) is -0.445. The van der Waals surface area contributed by atoms with Crippen molar-refractivity contribution in [3.05, 3.63) is 22.3 Å². The molecule has 0 amide bonds. The summed E-state index contributed by atoms with van der Waals surface area (Å²) in [6.45, 7) is 0.147. The van der Waals surface area contributed by atoms with E-state index >= 15 is 0 Å². The number of aliphatic hydroxyl groups is 1. The Bertz CT molecular complexity index is 669. The molecule has 4 N–H and O–H groups in total. The summed E-state index contributed by atoms with van der Waals surface area (Å²) in [7, 11) is 0. The highest BCUT2D eigenvalue weighted by Crippen LogP contribution is 2.37. The number of rotatable bonds is 2. The largest absolute Gasteiger partial charge is 0.396 e. The molecule has 1 atom stereocenters. The van der Waals surface area contributed by atoms with E-state index in [1.54, 1.807) is 4.57 Å². The third-order valence-corrected chi connectivity index (χ3v) is 2.82. The summed E-state index contributed by atoms with van der Waals surface area (Å²) in [5.74, 6) is 0.295. The third kappa shape index (κ3) is 1.60. The molecule has 1 fully saturated rings. The number of nitrogen functional groups attached to an aromatic ring is 1. The second kappa shape index (κ2) is 3.42. The first kappa shape index (κ1) is 10.0. The Kier molecular flexibility index (Phi) is 2.02. The number of nitrogens with one attached hydrogen (secondary N) is 1. The Morgan fingerprint density at radius 1 is 1.71 bits per heavy atom. The van der Waals surface area contributed by atoms with Crippen molar-refractivity contribution >= 4 is 23.3 Å². The van der Waals surface area contributed by atoms with E-state index in [2.05, 4.69) is 15.0 Å². The van der Waals surface area contributed by atoms with Crippen LogP contribution < -0.4 is 11.3 Å². The quantitative estimate of drug-likeness (QED) is 0.651. The smallest absolute Gasteiger partial charge is 0.280 e. The lowest BCUT2D eigenvalue weighted by molar-refractivity contribution is 0.281. The minimum Gasteiger partial charge on any atom is -0.396 e. The zero-order valence-electron chi connectivity index (χ0n) is 8.92. The van der Waals surface area contributed by atoms with E-state index in [9.17, 15) is 4.79 Å². The number of anilines is 1. The molecule has 1 saturated carbocycles. The molecule has 7 nitrogen and oxygen atoms in total. The van der Waals surface area contributed by atoms with Crippen LogP contribution >= 0.6 is 0 Å². The van der Waals surface area contributed by atoms with E-state index in [0.29, 0.717) is 5.65 Å². The van der Waals surface area contributed by atoms with E-state index < -0.39 is 0 Å². The van der Waals surface area contributed by atoms with Crippen molar-refractivity contribution in [2.24, 2.45) is 5.92 Å². The molecule has 0 unspecified atom stereocenters. The van der Waals surface area contributed by atoms with Gasteiger partial charge in [-0.3, -0.25) is 14.3 Å². The highest BCUT2D eigenvalue weighted by atomic mass is 16.3. The third-order valence-electron chi connectivity index (χ3n) is 2.82. The average Bonchev–Trinajstić information content (AvgIpc) is 2.92. The highest BCUT2D eigenvalue weighted by molar-refractivity contribution is 5.73. The van der Waals surface area contributed by atoms with Gasteiger partial charge in [-0.05, 0) is 12.0 Å². The highest BCUT2D eigenvalue weighted by Gasteiger charge is 2.28. The van der Waals surface area contributed by atoms with Crippen LogP contribution in [0.25, 0.3) is 17.4 Å². The number of aromatic nitrogens is 4. The van der Waals surface area contributed by atoms with Crippen molar-refractivity contribution in [2.75, 3.05) is 12.3 Å². The monoisotopic (exact) mass is 233 g/mol. The second-order valence-corrected chi connectivity index (χ2v) is 4.06. The lowest BCUT2D eigenvalue weighted by Crippen LogP contribution is -2.11. The maximum absolute atomic E-state index is 11.5. The van der Waals surface area contributed by atoms with Crippen molar-refractivity contribution in [2.45, 2.75) is 6.42 Å². The number of hydrogen-bond donors (Lipinski definition) is 3. The normalized spacial score (nSPS) is 21.2. The van der Waals surface area contributed by atoms with Gasteiger partial charge in [0.15, 0.2) is 11.2 Å². The van der Waals surface area contributed by atoms with Gasteiger partial charge in [0.05, 0.1) is 0 Å². The summed E-state index contributed by atoms with van der Waals surface area (Å²) < 4.78 is 1.66. The number of nitrogens with zero attached hydrogens (tertiary/aromatic N) is 3. The standard InChI is InChI=1S/C10H11N5O2/c11-10-13-8-7(9(17)14-10)12-4-15(8)2-5-1-6(5)3-16/h2,4,6,16H,1,3H2,(H3,11,13,14,17)/b5-2+/t6-/m0/s1. The molecule has 1 aliphatic rings. The molecule has 0 bridgehead atoms. The number of nitrogens with two attached hydrogens (primary N) is 1. The molecule has 0 saturated heterocycles. The molecule has 3 rings (SSSR count). The van der Waals surface area contributed by atoms with Crippen LogP contribution in [-0.2, 0) is 0 Å². The predicted molar refractivity (Wildman–Crippen MR) is 62.0 cm³/mol. The van der Waals surface area contributed by atoms with Crippen LogP contribution in [0.2, 0.25) is 0 Å². The molecule has 2 heterocycles. The zero-order valence-corrected chi connectivity index (χ0v) is 8.92. The zero-order chi connectivity index (χ0) is 12.0. The first-order valence-electron chi connectivity index (χ1n) is 5.23. The summed E-state index contributed by atoms with van der Waals surface area (Å²) in [5.41, 5.74) is 6.95. The first-order valence-corrected chi connectivity index (χ1v) is 5.23. The van der Waals surface area contributed by atoms with Crippen LogP contribution in [0.3, 0.4) is 0 Å². The van der Waals surface area contributed by atoms with Gasteiger partial charge in [-0.1, -0.05) is 0 Å². The van der Waals surface area contributed by atoms with Gasteiger partial charge in [-0.15, -0.1) is 0 Å². The van der Waals surface area contributed by atoms with Crippen LogP contribution in [0.4, 0.5) is 5.95 Å². The molecule has 0 radical (unpaired) electrons. The van der Waals surface area contributed by atoms with E-state index in [1.807, 2.05) is 6.20 Å². The molecule has 0 spiro atoms. The molecule has 88 valence electrons. The van der Waals surface area contributed by atoms with Crippen molar-refractivity contribution < 1.29 is 5.11 Å². The van der Waals surface area contributed by atoms with Gasteiger partial charge < -0.3 is 10.8 Å². The fourth-order valence-electron chi connectivity index (χ4n) is 1.78. The summed E-state index contributed by atoms with van der Waals surface area (Å²) in [6, 6.07) is 0. The molecular weight excluding hydrogens is 222 g/mol. The number of aliphatic hydroxyl groups excluding tert-OH is 1. The maximum Gasteiger partial charge on any atom is 0.280 e. The van der Waals surface area contributed by atoms with Crippen LogP contribution in [0.5, 0.6) is 0 Å². The molecule has 0 aromatic carbocycles. The number of hydrogen-bond acceptors (Lipinski definition) is 5. The van der Waals surface area contributed by atoms with Gasteiger partial charge in [0.25, 0.3) is 5.56 Å².